The maximum atomic E-state index is 11.4. The number of benzene rings is 2. The van der Waals surface area contributed by atoms with E-state index in [9.17, 15) is 31.8 Å². The lowest BCUT2D eigenvalue weighted by Gasteiger charge is -2.04. The van der Waals surface area contributed by atoms with Crippen molar-refractivity contribution in [1.82, 2.24) is 10.2 Å². The van der Waals surface area contributed by atoms with Crippen LogP contribution in [0.2, 0.25) is 0 Å². The van der Waals surface area contributed by atoms with Gasteiger partial charge in [0, 0.05) is 5.56 Å². The Morgan fingerprint density at radius 3 is 2.10 bits per heavy atom. The first-order valence-electron chi connectivity index (χ1n) is 8.00. The summed E-state index contributed by atoms with van der Waals surface area (Å²) in [5.41, 5.74) is -0.647. The van der Waals surface area contributed by atoms with Crippen LogP contribution in [0.25, 0.3) is 11.3 Å². The normalized spacial score (nSPS) is 12.3. The summed E-state index contributed by atoms with van der Waals surface area (Å²) in [7, 11) is -9.09. The molecule has 31 heavy (non-hydrogen) atoms. The minimum absolute atomic E-state index is 0.0344. The number of nitrogens with zero attached hydrogens (tertiary/aromatic N) is 3. The van der Waals surface area contributed by atoms with Gasteiger partial charge in [-0.05, 0) is 36.4 Å². The molecule has 0 amide bonds. The van der Waals surface area contributed by atoms with Crippen molar-refractivity contribution < 1.29 is 40.9 Å². The molecule has 0 fully saturated rings. The van der Waals surface area contributed by atoms with Crippen molar-refractivity contribution in [2.75, 3.05) is 0 Å². The third kappa shape index (κ3) is 4.75. The lowest BCUT2D eigenvalue weighted by atomic mass is 10.1. The van der Waals surface area contributed by atoms with Gasteiger partial charge in [0.15, 0.2) is 5.69 Å². The van der Waals surface area contributed by atoms with Crippen molar-refractivity contribution in [2.24, 2.45) is 10.2 Å². The van der Waals surface area contributed by atoms with Crippen molar-refractivity contribution in [2.45, 2.75) is 9.79 Å². The van der Waals surface area contributed by atoms with Crippen LogP contribution in [0.4, 0.5) is 11.4 Å². The molecule has 0 bridgehead atoms. The Kier molecular flexibility index (Phi) is 5.60. The summed E-state index contributed by atoms with van der Waals surface area (Å²) in [5, 5.41) is 32.8. The van der Waals surface area contributed by atoms with Gasteiger partial charge < -0.3 is 10.2 Å². The van der Waals surface area contributed by atoms with Gasteiger partial charge in [-0.1, -0.05) is 6.07 Å². The summed E-state index contributed by atoms with van der Waals surface area (Å²) in [6.07, 6.45) is 0. The predicted molar refractivity (Wildman–Crippen MR) is 103 cm³/mol. The van der Waals surface area contributed by atoms with Gasteiger partial charge in [-0.3, -0.25) is 14.2 Å². The van der Waals surface area contributed by atoms with Crippen molar-refractivity contribution in [1.29, 1.82) is 0 Å². The van der Waals surface area contributed by atoms with Gasteiger partial charge in [-0.15, -0.1) is 5.11 Å². The number of carboxylic acids is 1. The molecule has 0 aliphatic carbocycles. The van der Waals surface area contributed by atoms with E-state index in [0.29, 0.717) is 0 Å². The molecule has 0 atom stereocenters. The summed E-state index contributed by atoms with van der Waals surface area (Å²) in [6.45, 7) is 0. The smallest absolute Gasteiger partial charge is 0.358 e. The fourth-order valence-electron chi connectivity index (χ4n) is 2.47. The van der Waals surface area contributed by atoms with Gasteiger partial charge in [0.25, 0.3) is 20.2 Å². The maximum Gasteiger partial charge on any atom is 0.358 e. The Morgan fingerprint density at radius 1 is 0.935 bits per heavy atom. The number of aromatic nitrogens is 2. The molecular weight excluding hydrogens is 456 g/mol. The number of aromatic hydroxyl groups is 1. The minimum atomic E-state index is -4.68. The minimum Gasteiger partial charge on any atom is -0.506 e. The lowest BCUT2D eigenvalue weighted by Crippen LogP contribution is -1.98. The number of aromatic amines is 1. The number of phenols is 1. The van der Waals surface area contributed by atoms with Crippen molar-refractivity contribution in [3.63, 3.8) is 0 Å². The van der Waals surface area contributed by atoms with Crippen LogP contribution in [0.1, 0.15) is 10.5 Å². The Labute approximate surface area is 174 Å². The molecule has 13 nitrogen and oxygen atoms in total. The van der Waals surface area contributed by atoms with Crippen LogP contribution in [0.15, 0.2) is 62.5 Å². The van der Waals surface area contributed by atoms with E-state index in [2.05, 4.69) is 20.4 Å². The van der Waals surface area contributed by atoms with Crippen LogP contribution in [-0.4, -0.2) is 52.3 Å². The Bertz CT molecular complexity index is 1410. The topological polar surface area (TPSA) is 220 Å². The number of azo groups is 1. The Balaban J connectivity index is 2.05. The van der Waals surface area contributed by atoms with Crippen molar-refractivity contribution in [3.05, 3.63) is 48.2 Å². The average molecular weight is 468 g/mol. The second-order valence-electron chi connectivity index (χ2n) is 5.93. The van der Waals surface area contributed by atoms with E-state index in [4.69, 9.17) is 9.11 Å². The first-order valence-corrected chi connectivity index (χ1v) is 10.9. The highest BCUT2D eigenvalue weighted by molar-refractivity contribution is 7.86. The highest BCUT2D eigenvalue weighted by atomic mass is 32.2. The van der Waals surface area contributed by atoms with E-state index in [1.807, 2.05) is 0 Å². The van der Waals surface area contributed by atoms with Crippen molar-refractivity contribution >= 4 is 37.6 Å². The highest BCUT2D eigenvalue weighted by Gasteiger charge is 2.22. The third-order valence-corrected chi connectivity index (χ3v) is 5.64. The molecule has 2 aromatic carbocycles. The molecule has 0 radical (unpaired) electrons. The maximum absolute atomic E-state index is 11.4. The van der Waals surface area contributed by atoms with Gasteiger partial charge in [0.2, 0.25) is 0 Å². The average Bonchev–Trinajstić information content (AvgIpc) is 3.09. The lowest BCUT2D eigenvalue weighted by molar-refractivity contribution is 0.0691. The SMILES string of the molecule is O=C(O)c1n[nH]c(-c2ccc(S(=O)(=O)O)c(O)c2)c1N=Nc1ccc(S(=O)(=O)O)cc1. The first-order chi connectivity index (χ1) is 14.4. The molecule has 0 aliphatic heterocycles. The van der Waals surface area contributed by atoms with E-state index in [1.54, 1.807) is 0 Å². The third-order valence-electron chi connectivity index (χ3n) is 3.87. The molecule has 0 saturated heterocycles. The quantitative estimate of drug-likeness (QED) is 0.262. The monoisotopic (exact) mass is 468 g/mol. The Hall–Kier alpha value is -3.66. The molecule has 1 heterocycles. The highest BCUT2D eigenvalue weighted by Crippen LogP contribution is 2.36. The number of hydrogen-bond donors (Lipinski definition) is 5. The number of phenolic OH excluding ortho intramolecular Hbond substituents is 1. The zero-order valence-electron chi connectivity index (χ0n) is 15.0. The number of H-pyrrole nitrogens is 1. The van der Waals surface area contributed by atoms with Gasteiger partial charge in [0.1, 0.15) is 16.3 Å². The number of nitrogens with one attached hydrogen (secondary N) is 1. The fourth-order valence-corrected chi connectivity index (χ4v) is 3.51. The number of rotatable bonds is 6. The molecule has 5 N–H and O–H groups in total. The summed E-state index contributed by atoms with van der Waals surface area (Å²) < 4.78 is 62.6. The van der Waals surface area contributed by atoms with Gasteiger partial charge in [-0.2, -0.15) is 27.0 Å². The molecule has 3 aromatic rings. The van der Waals surface area contributed by atoms with E-state index >= 15 is 0 Å². The van der Waals surface area contributed by atoms with Crippen LogP contribution in [-0.2, 0) is 20.2 Å². The molecular formula is C16H12N4O9S2. The van der Waals surface area contributed by atoms with Gasteiger partial charge in [-0.25, -0.2) is 4.79 Å². The first kappa shape index (κ1) is 22.0. The van der Waals surface area contributed by atoms with Gasteiger partial charge >= 0.3 is 5.97 Å². The van der Waals surface area contributed by atoms with E-state index in [1.165, 1.54) is 18.2 Å². The zero-order valence-corrected chi connectivity index (χ0v) is 16.7. The van der Waals surface area contributed by atoms with Crippen LogP contribution in [0.5, 0.6) is 5.75 Å². The molecule has 3 rings (SSSR count). The fraction of sp³-hybridized carbons (Fsp3) is 0. The standard InChI is InChI=1S/C16H12N4O9S2/c21-11-7-8(1-6-12(11)31(27,28)29)13-14(15(16(22)23)20-18-13)19-17-9-2-4-10(5-3-9)30(24,25)26/h1-7,21H,(H,18,20)(H,22,23)(H,24,25,26)(H,27,28,29). The molecule has 162 valence electrons. The van der Waals surface area contributed by atoms with Gasteiger partial charge in [0.05, 0.1) is 16.3 Å². The van der Waals surface area contributed by atoms with Crippen LogP contribution >= 0.6 is 0 Å². The summed E-state index contributed by atoms with van der Waals surface area (Å²) >= 11 is 0. The second kappa shape index (κ2) is 7.88. The number of aromatic carboxylic acids is 1. The Morgan fingerprint density at radius 2 is 1.58 bits per heavy atom. The van der Waals surface area contributed by atoms with Crippen LogP contribution < -0.4 is 0 Å². The zero-order chi connectivity index (χ0) is 23.0. The number of carboxylic acid groups (broad SMARTS) is 1. The summed E-state index contributed by atoms with van der Waals surface area (Å²) in [5.74, 6) is -2.26. The predicted octanol–water partition coefficient (Wildman–Crippen LogP) is 2.39. The second-order valence-corrected chi connectivity index (χ2v) is 8.74. The molecule has 0 saturated carbocycles. The number of hydrogen-bond acceptors (Lipinski definition) is 9. The van der Waals surface area contributed by atoms with E-state index < -0.39 is 42.5 Å². The molecule has 0 spiro atoms. The number of carbonyl (C=O) groups is 1. The molecule has 0 unspecified atom stereocenters. The molecule has 1 aromatic heterocycles. The van der Waals surface area contributed by atoms with Crippen LogP contribution in [0, 0.1) is 0 Å². The van der Waals surface area contributed by atoms with Crippen LogP contribution in [0.3, 0.4) is 0 Å². The largest absolute Gasteiger partial charge is 0.506 e. The van der Waals surface area contributed by atoms with E-state index in [0.717, 1.165) is 24.3 Å². The summed E-state index contributed by atoms with van der Waals surface area (Å²) in [6, 6.07) is 7.55. The van der Waals surface area contributed by atoms with E-state index in [-0.39, 0.29) is 27.5 Å². The molecule has 15 heteroatoms. The van der Waals surface area contributed by atoms with Crippen molar-refractivity contribution in [3.8, 4) is 17.0 Å². The molecule has 0 aliphatic rings. The summed E-state index contributed by atoms with van der Waals surface area (Å²) in [4.78, 5) is 10.3.